The van der Waals surface area contributed by atoms with E-state index in [2.05, 4.69) is 4.98 Å². The number of para-hydroxylation sites is 1. The van der Waals surface area contributed by atoms with Crippen LogP contribution in [-0.4, -0.2) is 36.8 Å². The average molecular weight is 488 g/mol. The van der Waals surface area contributed by atoms with E-state index in [9.17, 15) is 28.1 Å². The highest BCUT2D eigenvalue weighted by Crippen LogP contribution is 2.31. The number of non-ortho nitro benzene ring substituents is 1. The summed E-state index contributed by atoms with van der Waals surface area (Å²) >= 11 is 1.12. The molecule has 2 aromatic carbocycles. The molecule has 0 N–H and O–H groups in total. The summed E-state index contributed by atoms with van der Waals surface area (Å²) in [5.74, 6) is -0.390. The van der Waals surface area contributed by atoms with Gasteiger partial charge in [0.1, 0.15) is 6.54 Å². The van der Waals surface area contributed by atoms with E-state index in [1.807, 2.05) is 30.3 Å². The van der Waals surface area contributed by atoms with E-state index in [0.717, 1.165) is 22.0 Å². The number of hydrogen-bond acceptors (Lipinski definition) is 5. The van der Waals surface area contributed by atoms with Crippen molar-refractivity contribution in [2.24, 2.45) is 0 Å². The van der Waals surface area contributed by atoms with E-state index in [0.29, 0.717) is 21.9 Å². The Hall–Kier alpha value is -3.60. The molecule has 4 rings (SSSR count). The fraction of sp³-hybridized carbons (Fsp3) is 0.217. The zero-order valence-corrected chi connectivity index (χ0v) is 19.0. The summed E-state index contributed by atoms with van der Waals surface area (Å²) in [6.07, 6.45) is -4.40. The topological polar surface area (TPSA) is 83.0 Å². The highest BCUT2D eigenvalue weighted by atomic mass is 32.2. The number of halogens is 3. The predicted octanol–water partition coefficient (Wildman–Crippen LogP) is 5.89. The number of rotatable bonds is 7. The van der Waals surface area contributed by atoms with Gasteiger partial charge in [-0.2, -0.15) is 13.2 Å². The van der Waals surface area contributed by atoms with Crippen LogP contribution < -0.4 is 0 Å². The fourth-order valence-corrected chi connectivity index (χ4v) is 4.71. The molecule has 7 nitrogen and oxygen atoms in total. The number of alkyl halides is 3. The maximum absolute atomic E-state index is 12.9. The van der Waals surface area contributed by atoms with E-state index in [4.69, 9.17) is 0 Å². The maximum atomic E-state index is 12.9. The first kappa shape index (κ1) is 23.6. The number of nitro benzene ring substituents is 1. The summed E-state index contributed by atoms with van der Waals surface area (Å²) in [6, 6.07) is 15.0. The standard InChI is InChI=1S/C23H19F3N4O3S/c1-14-10-18(15(2)28(14)13-23(24,25)26)21(31)12-34-22-27-19-11-17(30(32)33)8-9-20(19)29(22)16-6-4-3-5-7-16/h3-11H,12-13H2,1-2H3. The van der Waals surface area contributed by atoms with Crippen molar-refractivity contribution >= 4 is 34.3 Å². The summed E-state index contributed by atoms with van der Waals surface area (Å²) in [4.78, 5) is 28.1. The van der Waals surface area contributed by atoms with E-state index in [1.165, 1.54) is 32.0 Å². The Bertz CT molecular complexity index is 1390. The first-order chi connectivity index (χ1) is 16.0. The van der Waals surface area contributed by atoms with Crippen LogP contribution in [0.15, 0.2) is 59.8 Å². The van der Waals surface area contributed by atoms with Crippen molar-refractivity contribution in [1.82, 2.24) is 14.1 Å². The number of carbonyl (C=O) groups is 1. The van der Waals surface area contributed by atoms with E-state index in [1.54, 1.807) is 10.6 Å². The lowest BCUT2D eigenvalue weighted by molar-refractivity contribution is -0.384. The van der Waals surface area contributed by atoms with Crippen molar-refractivity contribution in [2.45, 2.75) is 31.7 Å². The van der Waals surface area contributed by atoms with Gasteiger partial charge in [0.15, 0.2) is 10.9 Å². The molecule has 0 saturated heterocycles. The van der Waals surface area contributed by atoms with Crippen LogP contribution in [0.3, 0.4) is 0 Å². The predicted molar refractivity (Wildman–Crippen MR) is 123 cm³/mol. The van der Waals surface area contributed by atoms with Crippen molar-refractivity contribution < 1.29 is 22.9 Å². The van der Waals surface area contributed by atoms with Crippen molar-refractivity contribution in [2.75, 3.05) is 5.75 Å². The quantitative estimate of drug-likeness (QED) is 0.140. The molecular weight excluding hydrogens is 469 g/mol. The molecule has 0 radical (unpaired) electrons. The van der Waals surface area contributed by atoms with Gasteiger partial charge in [-0.15, -0.1) is 0 Å². The van der Waals surface area contributed by atoms with Crippen LogP contribution in [0, 0.1) is 24.0 Å². The average Bonchev–Trinajstić information content (AvgIpc) is 3.28. The molecule has 0 unspecified atom stereocenters. The van der Waals surface area contributed by atoms with Gasteiger partial charge in [-0.25, -0.2) is 4.98 Å². The Balaban J connectivity index is 1.67. The Morgan fingerprint density at radius 3 is 2.47 bits per heavy atom. The number of thioether (sulfide) groups is 1. The third kappa shape index (κ3) is 4.69. The second-order valence-corrected chi connectivity index (χ2v) is 8.64. The van der Waals surface area contributed by atoms with Gasteiger partial charge in [0.2, 0.25) is 0 Å². The number of Topliss-reactive ketones (excluding diaryl/α,β-unsaturated/α-hetero) is 1. The van der Waals surface area contributed by atoms with E-state index >= 15 is 0 Å². The zero-order valence-electron chi connectivity index (χ0n) is 18.2. The van der Waals surface area contributed by atoms with Crippen LogP contribution >= 0.6 is 11.8 Å². The number of nitro groups is 1. The molecule has 0 aliphatic heterocycles. The van der Waals surface area contributed by atoms with Gasteiger partial charge in [-0.05, 0) is 38.1 Å². The lowest BCUT2D eigenvalue weighted by atomic mass is 10.2. The summed E-state index contributed by atoms with van der Waals surface area (Å²) in [5.41, 5.74) is 2.53. The highest BCUT2D eigenvalue weighted by molar-refractivity contribution is 7.99. The molecule has 0 atom stereocenters. The minimum atomic E-state index is -4.40. The third-order valence-corrected chi connectivity index (χ3v) is 6.31. The van der Waals surface area contributed by atoms with Gasteiger partial charge in [0.25, 0.3) is 5.69 Å². The largest absolute Gasteiger partial charge is 0.406 e. The van der Waals surface area contributed by atoms with Gasteiger partial charge >= 0.3 is 6.18 Å². The molecule has 4 aromatic rings. The van der Waals surface area contributed by atoms with Gasteiger partial charge in [-0.3, -0.25) is 19.5 Å². The number of hydrogen-bond donors (Lipinski definition) is 0. The summed E-state index contributed by atoms with van der Waals surface area (Å²) < 4.78 is 41.6. The minimum absolute atomic E-state index is 0.0610. The molecular formula is C23H19F3N4O3S. The van der Waals surface area contributed by atoms with Crippen LogP contribution in [0.4, 0.5) is 18.9 Å². The number of carbonyl (C=O) groups excluding carboxylic acids is 1. The number of fused-ring (bicyclic) bond motifs is 1. The second kappa shape index (κ2) is 8.98. The lowest BCUT2D eigenvalue weighted by Crippen LogP contribution is -2.19. The Labute approximate surface area is 196 Å². The number of aryl methyl sites for hydroxylation is 1. The van der Waals surface area contributed by atoms with Gasteiger partial charge in [0.05, 0.1) is 21.7 Å². The second-order valence-electron chi connectivity index (χ2n) is 7.69. The minimum Gasteiger partial charge on any atom is -0.339 e. The third-order valence-electron chi connectivity index (χ3n) is 5.38. The van der Waals surface area contributed by atoms with Gasteiger partial charge in [-0.1, -0.05) is 30.0 Å². The maximum Gasteiger partial charge on any atom is 0.406 e. The van der Waals surface area contributed by atoms with Crippen LogP contribution in [-0.2, 0) is 6.54 Å². The number of imidazole rings is 1. The van der Waals surface area contributed by atoms with Crippen molar-refractivity contribution in [3.05, 3.63) is 81.7 Å². The summed E-state index contributed by atoms with van der Waals surface area (Å²) in [7, 11) is 0. The first-order valence-electron chi connectivity index (χ1n) is 10.2. The van der Waals surface area contributed by atoms with Crippen LogP contribution in [0.2, 0.25) is 0 Å². The van der Waals surface area contributed by atoms with Crippen LogP contribution in [0.5, 0.6) is 0 Å². The summed E-state index contributed by atoms with van der Waals surface area (Å²) in [6.45, 7) is 1.87. The zero-order chi connectivity index (χ0) is 24.6. The molecule has 0 amide bonds. The first-order valence-corrected chi connectivity index (χ1v) is 11.2. The molecule has 0 aliphatic rings. The van der Waals surface area contributed by atoms with Gasteiger partial charge < -0.3 is 4.57 Å². The number of aromatic nitrogens is 3. The Kier molecular flexibility index (Phi) is 6.22. The molecule has 34 heavy (non-hydrogen) atoms. The van der Waals surface area contributed by atoms with E-state index in [-0.39, 0.29) is 28.5 Å². The van der Waals surface area contributed by atoms with Crippen molar-refractivity contribution in [3.63, 3.8) is 0 Å². The monoisotopic (exact) mass is 488 g/mol. The lowest BCUT2D eigenvalue weighted by Gasteiger charge is -2.12. The Morgan fingerprint density at radius 2 is 1.82 bits per heavy atom. The van der Waals surface area contributed by atoms with Crippen molar-refractivity contribution in [3.8, 4) is 5.69 Å². The molecule has 2 heterocycles. The molecule has 2 aromatic heterocycles. The normalized spacial score (nSPS) is 11.8. The van der Waals surface area contributed by atoms with Crippen LogP contribution in [0.25, 0.3) is 16.7 Å². The molecule has 0 fully saturated rings. The fourth-order valence-electron chi connectivity index (χ4n) is 3.80. The van der Waals surface area contributed by atoms with Gasteiger partial charge in [0, 0.05) is 34.8 Å². The number of benzene rings is 2. The molecule has 0 spiro atoms. The number of ketones is 1. The molecule has 0 saturated carbocycles. The molecule has 176 valence electrons. The van der Waals surface area contributed by atoms with E-state index < -0.39 is 17.6 Å². The molecule has 0 aliphatic carbocycles. The number of nitrogens with zero attached hydrogens (tertiary/aromatic N) is 4. The highest BCUT2D eigenvalue weighted by Gasteiger charge is 2.30. The summed E-state index contributed by atoms with van der Waals surface area (Å²) in [5, 5.41) is 11.6. The molecule has 11 heteroatoms. The Morgan fingerprint density at radius 1 is 1.12 bits per heavy atom. The smallest absolute Gasteiger partial charge is 0.339 e. The SMILES string of the molecule is Cc1cc(C(=O)CSc2nc3cc([N+](=O)[O-])ccc3n2-c2ccccc2)c(C)n1CC(F)(F)F. The van der Waals surface area contributed by atoms with Crippen LogP contribution in [0.1, 0.15) is 21.7 Å². The van der Waals surface area contributed by atoms with Crippen molar-refractivity contribution in [1.29, 1.82) is 0 Å². The molecule has 0 bridgehead atoms.